The van der Waals surface area contributed by atoms with E-state index >= 15 is 0 Å². The molecule has 15 heavy (non-hydrogen) atoms. The largest absolute Gasteiger partial charge is 0.383 e. The second-order valence-corrected chi connectivity index (χ2v) is 4.29. The van der Waals surface area contributed by atoms with Gasteiger partial charge < -0.3 is 15.4 Å². The standard InChI is InChI=1S/C11H22N2O2/c1-3-4-7-13(8-9-15-2)10(14)11(12)5-6-11/h3-9,12H2,1-2H3. The van der Waals surface area contributed by atoms with Gasteiger partial charge in [0.2, 0.25) is 5.91 Å². The average Bonchev–Trinajstić information content (AvgIpc) is 2.97. The van der Waals surface area contributed by atoms with E-state index in [0.29, 0.717) is 13.2 Å². The number of hydrogen-bond acceptors (Lipinski definition) is 3. The number of nitrogens with two attached hydrogens (primary N) is 1. The smallest absolute Gasteiger partial charge is 0.242 e. The molecule has 0 saturated heterocycles. The van der Waals surface area contributed by atoms with E-state index in [1.54, 1.807) is 7.11 Å². The number of rotatable bonds is 7. The molecule has 0 aromatic heterocycles. The molecule has 2 N–H and O–H groups in total. The predicted molar refractivity (Wildman–Crippen MR) is 59.5 cm³/mol. The number of nitrogens with zero attached hydrogens (tertiary/aromatic N) is 1. The molecule has 1 amide bonds. The summed E-state index contributed by atoms with van der Waals surface area (Å²) in [6, 6.07) is 0. The van der Waals surface area contributed by atoms with Gasteiger partial charge >= 0.3 is 0 Å². The van der Waals surface area contributed by atoms with Crippen molar-refractivity contribution >= 4 is 5.91 Å². The van der Waals surface area contributed by atoms with Crippen molar-refractivity contribution in [2.45, 2.75) is 38.1 Å². The predicted octanol–water partition coefficient (Wildman–Crippen LogP) is 0.753. The Morgan fingerprint density at radius 3 is 2.60 bits per heavy atom. The monoisotopic (exact) mass is 214 g/mol. The topological polar surface area (TPSA) is 55.6 Å². The molecule has 0 bridgehead atoms. The Bertz CT molecular complexity index is 207. The van der Waals surface area contributed by atoms with Gasteiger partial charge in [0.05, 0.1) is 12.1 Å². The van der Waals surface area contributed by atoms with Crippen LogP contribution in [0.2, 0.25) is 0 Å². The van der Waals surface area contributed by atoms with E-state index in [9.17, 15) is 4.79 Å². The third-order valence-corrected chi connectivity index (χ3v) is 2.85. The molecule has 0 aromatic carbocycles. The highest BCUT2D eigenvalue weighted by Gasteiger charge is 2.47. The third-order valence-electron chi connectivity index (χ3n) is 2.85. The fraction of sp³-hybridized carbons (Fsp3) is 0.909. The molecule has 1 aliphatic rings. The summed E-state index contributed by atoms with van der Waals surface area (Å²) in [7, 11) is 1.65. The zero-order chi connectivity index (χ0) is 11.3. The van der Waals surface area contributed by atoms with Gasteiger partial charge in [-0.25, -0.2) is 0 Å². The van der Waals surface area contributed by atoms with E-state index in [1.807, 2.05) is 4.90 Å². The van der Waals surface area contributed by atoms with Crippen LogP contribution in [0.1, 0.15) is 32.6 Å². The zero-order valence-electron chi connectivity index (χ0n) is 9.79. The first-order valence-corrected chi connectivity index (χ1v) is 5.71. The van der Waals surface area contributed by atoms with Crippen LogP contribution < -0.4 is 5.73 Å². The molecule has 0 aromatic rings. The summed E-state index contributed by atoms with van der Waals surface area (Å²) in [6.45, 7) is 4.17. The van der Waals surface area contributed by atoms with Crippen molar-refractivity contribution in [3.8, 4) is 0 Å². The van der Waals surface area contributed by atoms with Crippen molar-refractivity contribution in [2.75, 3.05) is 26.8 Å². The Kier molecular flexibility index (Phi) is 4.54. The first kappa shape index (κ1) is 12.5. The maximum Gasteiger partial charge on any atom is 0.242 e. The molecule has 0 radical (unpaired) electrons. The molecule has 0 aliphatic heterocycles. The summed E-state index contributed by atoms with van der Waals surface area (Å²) in [5.74, 6) is 0.105. The van der Waals surface area contributed by atoms with Gasteiger partial charge in [-0.05, 0) is 19.3 Å². The number of carbonyl (C=O) groups excluding carboxylic acids is 1. The summed E-state index contributed by atoms with van der Waals surface area (Å²) in [6.07, 6.45) is 3.79. The lowest BCUT2D eigenvalue weighted by Gasteiger charge is -2.25. The van der Waals surface area contributed by atoms with Crippen molar-refractivity contribution in [3.63, 3.8) is 0 Å². The van der Waals surface area contributed by atoms with Crippen LogP contribution >= 0.6 is 0 Å². The molecular weight excluding hydrogens is 192 g/mol. The lowest BCUT2D eigenvalue weighted by molar-refractivity contribution is -0.134. The Morgan fingerprint density at radius 1 is 1.47 bits per heavy atom. The van der Waals surface area contributed by atoms with Crippen molar-refractivity contribution in [1.82, 2.24) is 4.90 Å². The lowest BCUT2D eigenvalue weighted by atomic mass is 10.2. The highest BCUT2D eigenvalue weighted by Crippen LogP contribution is 2.34. The van der Waals surface area contributed by atoms with Crippen LogP contribution in [-0.4, -0.2) is 43.2 Å². The Hall–Kier alpha value is -0.610. The van der Waals surface area contributed by atoms with E-state index in [0.717, 1.165) is 32.2 Å². The Morgan fingerprint density at radius 2 is 2.13 bits per heavy atom. The maximum absolute atomic E-state index is 12.0. The molecule has 0 spiro atoms. The minimum Gasteiger partial charge on any atom is -0.383 e. The number of ether oxygens (including phenoxy) is 1. The van der Waals surface area contributed by atoms with Crippen molar-refractivity contribution in [3.05, 3.63) is 0 Å². The Labute approximate surface area is 91.8 Å². The minimum absolute atomic E-state index is 0.105. The van der Waals surface area contributed by atoms with Crippen molar-refractivity contribution in [1.29, 1.82) is 0 Å². The second kappa shape index (κ2) is 5.47. The van der Waals surface area contributed by atoms with Crippen LogP contribution in [0.15, 0.2) is 0 Å². The van der Waals surface area contributed by atoms with E-state index < -0.39 is 5.54 Å². The minimum atomic E-state index is -0.540. The van der Waals surface area contributed by atoms with E-state index in [4.69, 9.17) is 10.5 Å². The van der Waals surface area contributed by atoms with Crippen LogP contribution in [0.5, 0.6) is 0 Å². The summed E-state index contributed by atoms with van der Waals surface area (Å²) in [5.41, 5.74) is 5.36. The summed E-state index contributed by atoms with van der Waals surface area (Å²) in [4.78, 5) is 13.8. The second-order valence-electron chi connectivity index (χ2n) is 4.29. The highest BCUT2D eigenvalue weighted by atomic mass is 16.5. The van der Waals surface area contributed by atoms with Gasteiger partial charge in [-0.15, -0.1) is 0 Å². The molecule has 88 valence electrons. The van der Waals surface area contributed by atoms with Crippen LogP contribution in [0.4, 0.5) is 0 Å². The molecule has 1 saturated carbocycles. The number of carbonyl (C=O) groups is 1. The van der Waals surface area contributed by atoms with E-state index in [-0.39, 0.29) is 5.91 Å². The van der Waals surface area contributed by atoms with Gasteiger partial charge in [-0.3, -0.25) is 4.79 Å². The molecule has 0 atom stereocenters. The molecular formula is C11H22N2O2. The number of hydrogen-bond donors (Lipinski definition) is 1. The lowest BCUT2D eigenvalue weighted by Crippen LogP contribution is -2.47. The molecule has 1 aliphatic carbocycles. The zero-order valence-corrected chi connectivity index (χ0v) is 9.79. The maximum atomic E-state index is 12.0. The van der Waals surface area contributed by atoms with Crippen LogP contribution in [0.25, 0.3) is 0 Å². The molecule has 4 nitrogen and oxygen atoms in total. The molecule has 0 unspecified atom stereocenters. The first-order valence-electron chi connectivity index (χ1n) is 5.71. The molecule has 1 rings (SSSR count). The van der Waals surface area contributed by atoms with Crippen molar-refractivity contribution < 1.29 is 9.53 Å². The third kappa shape index (κ3) is 3.47. The van der Waals surface area contributed by atoms with Crippen LogP contribution in [0, 0.1) is 0 Å². The number of amides is 1. The van der Waals surface area contributed by atoms with Gasteiger partial charge in [0.25, 0.3) is 0 Å². The van der Waals surface area contributed by atoms with Gasteiger partial charge in [-0.2, -0.15) is 0 Å². The summed E-state index contributed by atoms with van der Waals surface area (Å²) in [5, 5.41) is 0. The van der Waals surface area contributed by atoms with Gasteiger partial charge in [0, 0.05) is 20.2 Å². The quantitative estimate of drug-likeness (QED) is 0.680. The van der Waals surface area contributed by atoms with Crippen LogP contribution in [0.3, 0.4) is 0 Å². The molecule has 1 fully saturated rings. The Balaban J connectivity index is 2.43. The first-order chi connectivity index (χ1) is 7.14. The normalized spacial score (nSPS) is 17.5. The van der Waals surface area contributed by atoms with Gasteiger partial charge in [0.1, 0.15) is 0 Å². The number of methoxy groups -OCH3 is 1. The number of unbranched alkanes of at least 4 members (excludes halogenated alkanes) is 1. The summed E-state index contributed by atoms with van der Waals surface area (Å²) >= 11 is 0. The molecule has 4 heteroatoms. The van der Waals surface area contributed by atoms with Crippen LogP contribution in [-0.2, 0) is 9.53 Å². The summed E-state index contributed by atoms with van der Waals surface area (Å²) < 4.78 is 5.00. The van der Waals surface area contributed by atoms with E-state index in [1.165, 1.54) is 0 Å². The highest BCUT2D eigenvalue weighted by molar-refractivity contribution is 5.89. The molecule has 0 heterocycles. The average molecular weight is 214 g/mol. The van der Waals surface area contributed by atoms with Crippen molar-refractivity contribution in [2.24, 2.45) is 5.73 Å². The fourth-order valence-corrected chi connectivity index (χ4v) is 1.53. The fourth-order valence-electron chi connectivity index (χ4n) is 1.53. The van der Waals surface area contributed by atoms with E-state index in [2.05, 4.69) is 6.92 Å². The SMILES string of the molecule is CCCCN(CCOC)C(=O)C1(N)CC1. The van der Waals surface area contributed by atoms with Gasteiger partial charge in [-0.1, -0.05) is 13.3 Å². The van der Waals surface area contributed by atoms with Gasteiger partial charge in [0.15, 0.2) is 0 Å².